The van der Waals surface area contributed by atoms with Crippen LogP contribution in [-0.2, 0) is 14.8 Å². The Morgan fingerprint density at radius 2 is 2.21 bits per heavy atom. The maximum Gasteiger partial charge on any atom is 0.263 e. The minimum atomic E-state index is -3.58. The van der Waals surface area contributed by atoms with Gasteiger partial charge in [-0.3, -0.25) is 14.5 Å². The average Bonchev–Trinajstić information content (AvgIpc) is 2.84. The van der Waals surface area contributed by atoms with E-state index in [4.69, 9.17) is 0 Å². The molecule has 1 aromatic rings. The van der Waals surface area contributed by atoms with Crippen LogP contribution < -0.4 is 15.4 Å². The van der Waals surface area contributed by atoms with Crippen molar-refractivity contribution >= 4 is 21.8 Å². The molecule has 2 heterocycles. The highest BCUT2D eigenvalue weighted by Gasteiger charge is 2.31. The van der Waals surface area contributed by atoms with Gasteiger partial charge < -0.3 is 10.6 Å². The first-order valence-electron chi connectivity index (χ1n) is 8.16. The fraction of sp³-hybridized carbons (Fsp3) is 0.500. The van der Waals surface area contributed by atoms with E-state index >= 15 is 0 Å². The number of hydrogen-bond acceptors (Lipinski definition) is 5. The van der Waals surface area contributed by atoms with Gasteiger partial charge in [0.05, 0.1) is 4.90 Å². The quantitative estimate of drug-likeness (QED) is 0.724. The van der Waals surface area contributed by atoms with Crippen LogP contribution in [0.4, 0.5) is 0 Å². The molecule has 2 aliphatic rings. The van der Waals surface area contributed by atoms with Crippen molar-refractivity contribution < 1.29 is 13.2 Å². The third-order valence-corrected chi connectivity index (χ3v) is 5.73. The van der Waals surface area contributed by atoms with E-state index < -0.39 is 16.1 Å². The van der Waals surface area contributed by atoms with E-state index in [2.05, 4.69) is 20.3 Å². The molecule has 8 heteroatoms. The number of amides is 1. The number of amidine groups is 1. The van der Waals surface area contributed by atoms with Crippen LogP contribution in [0.5, 0.6) is 0 Å². The zero-order valence-electron chi connectivity index (χ0n) is 13.6. The number of benzene rings is 1. The Bertz CT molecular complexity index is 754. The van der Waals surface area contributed by atoms with E-state index in [0.717, 1.165) is 25.9 Å². The second-order valence-corrected chi connectivity index (χ2v) is 7.86. The molecule has 1 aromatic carbocycles. The molecule has 0 aliphatic carbocycles. The van der Waals surface area contributed by atoms with Crippen molar-refractivity contribution in [3.63, 3.8) is 0 Å². The number of sulfonamides is 1. The third kappa shape index (κ3) is 3.59. The summed E-state index contributed by atoms with van der Waals surface area (Å²) in [5.41, 5.74) is 0.508. The number of hydrogen-bond donors (Lipinski definition) is 3. The largest absolute Gasteiger partial charge is 0.354 e. The molecule has 2 unspecified atom stereocenters. The molecule has 0 bridgehead atoms. The summed E-state index contributed by atoms with van der Waals surface area (Å²) < 4.78 is 26.5. The highest BCUT2D eigenvalue weighted by atomic mass is 32.2. The van der Waals surface area contributed by atoms with Crippen LogP contribution in [0.1, 0.15) is 25.3 Å². The van der Waals surface area contributed by atoms with Gasteiger partial charge in [-0.2, -0.15) is 0 Å². The molecule has 130 valence electrons. The standard InChI is InChI=1S/C16H22N4O3S/c1-11(16(21)18-10-12-5-4-8-17-9-12)19-15-13-6-2-3-7-14(13)24(22,23)20-15/h2-3,6-7,11-12,17H,4-5,8-10H2,1H3,(H,18,21)(H,19,20). The molecule has 0 spiro atoms. The van der Waals surface area contributed by atoms with Gasteiger partial charge in [-0.15, -0.1) is 0 Å². The van der Waals surface area contributed by atoms with Crippen LogP contribution in [0.25, 0.3) is 0 Å². The van der Waals surface area contributed by atoms with Crippen molar-refractivity contribution in [1.82, 2.24) is 15.4 Å². The van der Waals surface area contributed by atoms with Crippen molar-refractivity contribution in [3.8, 4) is 0 Å². The van der Waals surface area contributed by atoms with E-state index in [1.807, 2.05) is 0 Å². The summed E-state index contributed by atoms with van der Waals surface area (Å²) in [6.07, 6.45) is 2.22. The molecule has 7 nitrogen and oxygen atoms in total. The highest BCUT2D eigenvalue weighted by molar-refractivity contribution is 7.90. The van der Waals surface area contributed by atoms with Gasteiger partial charge in [0.15, 0.2) is 0 Å². The van der Waals surface area contributed by atoms with Crippen LogP contribution in [0.3, 0.4) is 0 Å². The molecule has 2 aliphatic heterocycles. The molecule has 3 rings (SSSR count). The van der Waals surface area contributed by atoms with E-state index in [1.165, 1.54) is 6.07 Å². The van der Waals surface area contributed by atoms with Crippen molar-refractivity contribution in [1.29, 1.82) is 0 Å². The molecule has 3 N–H and O–H groups in total. The normalized spacial score (nSPS) is 24.9. The predicted molar refractivity (Wildman–Crippen MR) is 91.4 cm³/mol. The van der Waals surface area contributed by atoms with Gasteiger partial charge in [-0.1, -0.05) is 12.1 Å². The number of nitrogens with one attached hydrogen (secondary N) is 3. The summed E-state index contributed by atoms with van der Waals surface area (Å²) in [7, 11) is -3.58. The topological polar surface area (TPSA) is 99.7 Å². The molecule has 2 atom stereocenters. The lowest BCUT2D eigenvalue weighted by molar-refractivity contribution is -0.122. The van der Waals surface area contributed by atoms with Gasteiger partial charge in [0, 0.05) is 12.1 Å². The number of rotatable bonds is 4. The predicted octanol–water partition coefficient (Wildman–Crippen LogP) is 0.229. The van der Waals surface area contributed by atoms with E-state index in [-0.39, 0.29) is 16.6 Å². The van der Waals surface area contributed by atoms with Gasteiger partial charge in [0.2, 0.25) is 5.91 Å². The second kappa shape index (κ2) is 6.90. The van der Waals surface area contributed by atoms with E-state index in [0.29, 0.717) is 18.0 Å². The Hall–Kier alpha value is -1.93. The summed E-state index contributed by atoms with van der Waals surface area (Å²) in [6.45, 7) is 4.23. The van der Waals surface area contributed by atoms with Crippen LogP contribution in [0.15, 0.2) is 34.2 Å². The minimum absolute atomic E-state index is 0.198. The summed E-state index contributed by atoms with van der Waals surface area (Å²) in [6, 6.07) is 5.96. The molecular weight excluding hydrogens is 328 g/mol. The Labute approximate surface area is 142 Å². The smallest absolute Gasteiger partial charge is 0.263 e. The monoisotopic (exact) mass is 350 g/mol. The maximum absolute atomic E-state index is 12.2. The Morgan fingerprint density at radius 1 is 1.42 bits per heavy atom. The summed E-state index contributed by atoms with van der Waals surface area (Å²) in [5.74, 6) is 0.470. The minimum Gasteiger partial charge on any atom is -0.354 e. The summed E-state index contributed by atoms with van der Waals surface area (Å²) in [4.78, 5) is 16.7. The van der Waals surface area contributed by atoms with Gasteiger partial charge >= 0.3 is 0 Å². The Kier molecular flexibility index (Phi) is 4.86. The van der Waals surface area contributed by atoms with Gasteiger partial charge in [-0.25, -0.2) is 8.42 Å². The lowest BCUT2D eigenvalue weighted by Crippen LogP contribution is -2.41. The first kappa shape index (κ1) is 16.9. The molecular formula is C16H22N4O3S. The lowest BCUT2D eigenvalue weighted by Gasteiger charge is -2.23. The van der Waals surface area contributed by atoms with E-state index in [1.54, 1.807) is 25.1 Å². The first-order chi connectivity index (χ1) is 11.5. The van der Waals surface area contributed by atoms with Crippen molar-refractivity contribution in [2.75, 3.05) is 19.6 Å². The molecule has 0 aromatic heterocycles. The number of piperidine rings is 1. The van der Waals surface area contributed by atoms with Crippen molar-refractivity contribution in [2.24, 2.45) is 10.9 Å². The fourth-order valence-corrected chi connectivity index (χ4v) is 4.21. The highest BCUT2D eigenvalue weighted by Crippen LogP contribution is 2.22. The van der Waals surface area contributed by atoms with Gasteiger partial charge in [0.25, 0.3) is 10.0 Å². The number of fused-ring (bicyclic) bond motifs is 1. The number of carbonyl (C=O) groups is 1. The van der Waals surface area contributed by atoms with Crippen LogP contribution >= 0.6 is 0 Å². The van der Waals surface area contributed by atoms with Crippen LogP contribution in [-0.4, -0.2) is 45.8 Å². The van der Waals surface area contributed by atoms with Crippen molar-refractivity contribution in [3.05, 3.63) is 29.8 Å². The van der Waals surface area contributed by atoms with Crippen LogP contribution in [0, 0.1) is 5.92 Å². The number of nitrogens with zero attached hydrogens (tertiary/aromatic N) is 1. The number of aliphatic imine (C=N–C) groups is 1. The molecule has 1 amide bonds. The zero-order valence-corrected chi connectivity index (χ0v) is 14.4. The molecule has 24 heavy (non-hydrogen) atoms. The first-order valence-corrected chi connectivity index (χ1v) is 9.64. The maximum atomic E-state index is 12.2. The lowest BCUT2D eigenvalue weighted by atomic mass is 10.00. The van der Waals surface area contributed by atoms with E-state index in [9.17, 15) is 13.2 Å². The summed E-state index contributed by atoms with van der Waals surface area (Å²) >= 11 is 0. The summed E-state index contributed by atoms with van der Waals surface area (Å²) in [5, 5.41) is 6.22. The van der Waals surface area contributed by atoms with Crippen LogP contribution in [0.2, 0.25) is 0 Å². The molecule has 0 radical (unpaired) electrons. The Balaban J connectivity index is 1.66. The molecule has 0 saturated carbocycles. The van der Waals surface area contributed by atoms with Gasteiger partial charge in [-0.05, 0) is 50.9 Å². The third-order valence-electron chi connectivity index (χ3n) is 4.33. The zero-order chi connectivity index (χ0) is 17.2. The molecule has 1 fully saturated rings. The SMILES string of the molecule is CC(N=C1NS(=O)(=O)c2ccccc21)C(=O)NCC1CCCNC1. The molecule has 1 saturated heterocycles. The fourth-order valence-electron chi connectivity index (χ4n) is 2.97. The van der Waals surface area contributed by atoms with Gasteiger partial charge in [0.1, 0.15) is 11.9 Å². The Morgan fingerprint density at radius 3 is 2.96 bits per heavy atom. The number of carbonyl (C=O) groups excluding carboxylic acids is 1. The van der Waals surface area contributed by atoms with Crippen molar-refractivity contribution in [2.45, 2.75) is 30.7 Å². The average molecular weight is 350 g/mol. The second-order valence-electron chi connectivity index (χ2n) is 6.21.